The summed E-state index contributed by atoms with van der Waals surface area (Å²) in [5, 5.41) is 1.47. The molecule has 332 valence electrons. The number of carbonyl (C=O) groups is 6. The van der Waals surface area contributed by atoms with Crippen LogP contribution in [0.2, 0.25) is 0 Å². The first-order valence-corrected chi connectivity index (χ1v) is 21.5. The van der Waals surface area contributed by atoms with Crippen LogP contribution in [0.4, 0.5) is 9.59 Å². The standard InChI is InChI=1S/C43H55N3O13S2/c1-10-54-38(48)14-13-29(47)36-23-27-22-32(33(26-35(27)60-36)58-41(51)45(7)17-18-46(8)42(52)59-43(3,4)5)57-20-12-19-56-31-21-28-24-37(61-34(28)25-30(31)53-9)40(50)44(6)16-15-39(49)55-11-2/h21-26H,10-20H2,1-9H3. The van der Waals surface area contributed by atoms with Gasteiger partial charge in [-0.3, -0.25) is 19.2 Å². The van der Waals surface area contributed by atoms with Crippen LogP contribution in [0.3, 0.4) is 0 Å². The molecule has 3 amide bonds. The molecule has 0 saturated heterocycles. The van der Waals surface area contributed by atoms with Crippen LogP contribution in [0.25, 0.3) is 20.2 Å². The van der Waals surface area contributed by atoms with Gasteiger partial charge >= 0.3 is 24.1 Å². The van der Waals surface area contributed by atoms with E-state index in [2.05, 4.69) is 0 Å². The van der Waals surface area contributed by atoms with Gasteiger partial charge in [0.25, 0.3) is 5.91 Å². The highest BCUT2D eigenvalue weighted by molar-refractivity contribution is 7.21. The summed E-state index contributed by atoms with van der Waals surface area (Å²) in [6.07, 6.45) is -0.773. The Labute approximate surface area is 363 Å². The maximum atomic E-state index is 13.3. The van der Waals surface area contributed by atoms with E-state index in [-0.39, 0.29) is 94.5 Å². The Bertz CT molecular complexity index is 2190. The summed E-state index contributed by atoms with van der Waals surface area (Å²) >= 11 is 2.51. The number of nitrogens with zero attached hydrogens (tertiary/aromatic N) is 3. The van der Waals surface area contributed by atoms with Crippen LogP contribution >= 0.6 is 22.7 Å². The fourth-order valence-electron chi connectivity index (χ4n) is 5.57. The molecular weight excluding hydrogens is 831 g/mol. The summed E-state index contributed by atoms with van der Waals surface area (Å²) in [6, 6.07) is 10.4. The van der Waals surface area contributed by atoms with Crippen LogP contribution < -0.4 is 18.9 Å². The van der Waals surface area contributed by atoms with Crippen molar-refractivity contribution in [1.82, 2.24) is 14.7 Å². The molecule has 0 fully saturated rings. The fourth-order valence-corrected chi connectivity index (χ4v) is 7.68. The van der Waals surface area contributed by atoms with Gasteiger partial charge < -0.3 is 47.9 Å². The number of ether oxygens (including phenoxy) is 7. The number of rotatable bonds is 21. The lowest BCUT2D eigenvalue weighted by Gasteiger charge is -2.26. The van der Waals surface area contributed by atoms with E-state index in [1.54, 1.807) is 92.2 Å². The number of esters is 2. The van der Waals surface area contributed by atoms with E-state index in [1.807, 2.05) is 0 Å². The number of carbonyl (C=O) groups excluding carboxylic acids is 6. The minimum Gasteiger partial charge on any atom is -0.493 e. The van der Waals surface area contributed by atoms with Crippen molar-refractivity contribution >= 4 is 78.7 Å². The summed E-state index contributed by atoms with van der Waals surface area (Å²) in [5.74, 6) is 0.0733. The van der Waals surface area contributed by atoms with Gasteiger partial charge in [0.15, 0.2) is 28.8 Å². The molecule has 2 heterocycles. The molecule has 0 aliphatic carbocycles. The van der Waals surface area contributed by atoms with Crippen molar-refractivity contribution in [2.45, 2.75) is 65.9 Å². The van der Waals surface area contributed by atoms with E-state index in [1.165, 1.54) is 44.5 Å². The van der Waals surface area contributed by atoms with Gasteiger partial charge in [-0.15, -0.1) is 22.7 Å². The Kier molecular flexibility index (Phi) is 17.6. The highest BCUT2D eigenvalue weighted by Crippen LogP contribution is 2.39. The Morgan fingerprint density at radius 1 is 0.607 bits per heavy atom. The van der Waals surface area contributed by atoms with Gasteiger partial charge in [0.2, 0.25) is 0 Å². The molecule has 0 radical (unpaired) electrons. The minimum atomic E-state index is -0.698. The summed E-state index contributed by atoms with van der Waals surface area (Å²) < 4.78 is 40.5. The van der Waals surface area contributed by atoms with Gasteiger partial charge in [-0.05, 0) is 69.7 Å². The summed E-state index contributed by atoms with van der Waals surface area (Å²) in [4.78, 5) is 80.6. The topological polar surface area (TPSA) is 177 Å². The van der Waals surface area contributed by atoms with Gasteiger partial charge in [-0.25, -0.2) is 9.59 Å². The molecule has 18 heteroatoms. The second-order valence-corrected chi connectivity index (χ2v) is 17.0. The number of thiophene rings is 2. The molecule has 0 saturated carbocycles. The lowest BCUT2D eigenvalue weighted by molar-refractivity contribution is -0.144. The number of benzene rings is 2. The van der Waals surface area contributed by atoms with Crippen LogP contribution in [-0.2, 0) is 23.8 Å². The zero-order chi connectivity index (χ0) is 44.9. The van der Waals surface area contributed by atoms with E-state index < -0.39 is 23.8 Å². The lowest BCUT2D eigenvalue weighted by Crippen LogP contribution is -2.40. The van der Waals surface area contributed by atoms with Crippen molar-refractivity contribution in [3.8, 4) is 23.0 Å². The smallest absolute Gasteiger partial charge is 0.415 e. The summed E-state index contributed by atoms with van der Waals surface area (Å²) in [6.45, 7) is 10.2. The highest BCUT2D eigenvalue weighted by Gasteiger charge is 2.23. The van der Waals surface area contributed by atoms with Crippen molar-refractivity contribution < 1.29 is 61.9 Å². The number of hydrogen-bond acceptors (Lipinski definition) is 15. The molecule has 61 heavy (non-hydrogen) atoms. The molecule has 4 aromatic rings. The molecular formula is C43H55N3O13S2. The van der Waals surface area contributed by atoms with Crippen molar-refractivity contribution in [2.24, 2.45) is 0 Å². The summed E-state index contributed by atoms with van der Waals surface area (Å²) in [5.41, 5.74) is -0.670. The molecule has 0 bridgehead atoms. The molecule has 16 nitrogen and oxygen atoms in total. The van der Waals surface area contributed by atoms with Crippen LogP contribution in [0.15, 0.2) is 36.4 Å². The van der Waals surface area contributed by atoms with Crippen molar-refractivity contribution in [3.63, 3.8) is 0 Å². The van der Waals surface area contributed by atoms with Crippen LogP contribution in [0.1, 0.15) is 79.6 Å². The van der Waals surface area contributed by atoms with Gasteiger partial charge in [0.1, 0.15) is 5.60 Å². The number of amides is 3. The van der Waals surface area contributed by atoms with E-state index in [0.717, 1.165) is 10.1 Å². The zero-order valence-electron chi connectivity index (χ0n) is 36.2. The molecule has 0 aliphatic rings. The van der Waals surface area contributed by atoms with Crippen LogP contribution in [0.5, 0.6) is 23.0 Å². The monoisotopic (exact) mass is 885 g/mol. The maximum Gasteiger partial charge on any atom is 0.415 e. The zero-order valence-corrected chi connectivity index (χ0v) is 37.8. The minimum absolute atomic E-state index is 0.0152. The second-order valence-electron chi connectivity index (χ2n) is 14.9. The Hall–Kier alpha value is -5.62. The summed E-state index contributed by atoms with van der Waals surface area (Å²) in [7, 11) is 6.28. The number of likely N-dealkylation sites (N-methyl/N-ethyl adjacent to an activating group) is 2. The van der Waals surface area contributed by atoms with Gasteiger partial charge in [0, 0.05) is 75.2 Å². The first-order chi connectivity index (χ1) is 28.9. The molecule has 0 spiro atoms. The van der Waals surface area contributed by atoms with Gasteiger partial charge in [-0.2, -0.15) is 0 Å². The number of fused-ring (bicyclic) bond motifs is 2. The Morgan fingerprint density at radius 3 is 1.70 bits per heavy atom. The Balaban J connectivity index is 1.44. The average molecular weight is 886 g/mol. The molecule has 0 atom stereocenters. The SMILES string of the molecule is CCOC(=O)CCC(=O)c1cc2cc(OCCCOc3cc4cc(C(=O)N(C)CCC(=O)OCC)sc4cc3OC)c(OC(=O)N(C)CCN(C)C(=O)OC(C)(C)C)cc2s1. The average Bonchev–Trinajstić information content (AvgIpc) is 3.83. The van der Waals surface area contributed by atoms with Crippen molar-refractivity contribution in [1.29, 1.82) is 0 Å². The van der Waals surface area contributed by atoms with E-state index in [4.69, 9.17) is 33.2 Å². The quantitative estimate of drug-likeness (QED) is 0.0343. The first kappa shape index (κ1) is 48.1. The van der Waals surface area contributed by atoms with Crippen LogP contribution in [0, 0.1) is 0 Å². The predicted molar refractivity (Wildman–Crippen MR) is 232 cm³/mol. The van der Waals surface area contributed by atoms with Gasteiger partial charge in [0.05, 0.1) is 56.1 Å². The number of Topliss-reactive ketones (excluding diaryl/α,β-unsaturated/α-hetero) is 1. The largest absolute Gasteiger partial charge is 0.493 e. The van der Waals surface area contributed by atoms with Crippen molar-refractivity contribution in [3.05, 3.63) is 46.2 Å². The third-order valence-electron chi connectivity index (χ3n) is 8.82. The second kappa shape index (κ2) is 22.3. The first-order valence-electron chi connectivity index (χ1n) is 19.8. The Morgan fingerprint density at radius 2 is 1.13 bits per heavy atom. The molecule has 4 rings (SSSR count). The fraction of sp³-hybridized carbons (Fsp3) is 0.488. The number of hydrogen-bond donors (Lipinski definition) is 0. The van der Waals surface area contributed by atoms with E-state index in [0.29, 0.717) is 37.8 Å². The van der Waals surface area contributed by atoms with Gasteiger partial charge in [-0.1, -0.05) is 0 Å². The number of ketones is 1. The van der Waals surface area contributed by atoms with Crippen LogP contribution in [-0.4, -0.2) is 130 Å². The van der Waals surface area contributed by atoms with E-state index in [9.17, 15) is 28.8 Å². The van der Waals surface area contributed by atoms with E-state index >= 15 is 0 Å². The maximum absolute atomic E-state index is 13.3. The third-order valence-corrected chi connectivity index (χ3v) is 11.0. The normalized spacial score (nSPS) is 11.2. The third kappa shape index (κ3) is 14.2. The molecule has 2 aromatic carbocycles. The predicted octanol–water partition coefficient (Wildman–Crippen LogP) is 7.82. The molecule has 0 aliphatic heterocycles. The van der Waals surface area contributed by atoms with Crippen molar-refractivity contribution in [2.75, 3.05) is 74.3 Å². The lowest BCUT2D eigenvalue weighted by atomic mass is 10.1. The highest BCUT2D eigenvalue weighted by atomic mass is 32.1. The molecule has 0 N–H and O–H groups in total. The number of methoxy groups -OCH3 is 1. The molecule has 2 aromatic heterocycles. The molecule has 0 unspecified atom stereocenters.